The number of hydrogen-bond acceptors (Lipinski definition) is 4. The molecule has 1 fully saturated rings. The van der Waals surface area contributed by atoms with Crippen LogP contribution in [0, 0.1) is 0 Å². The molecule has 6 heteroatoms. The van der Waals surface area contributed by atoms with Crippen LogP contribution in [0.2, 0.25) is 5.02 Å². The van der Waals surface area contributed by atoms with E-state index in [1.807, 2.05) is 21.9 Å². The van der Waals surface area contributed by atoms with Crippen molar-refractivity contribution in [3.63, 3.8) is 0 Å². The van der Waals surface area contributed by atoms with Crippen molar-refractivity contribution in [3.05, 3.63) is 23.2 Å². The molecule has 22 heavy (non-hydrogen) atoms. The summed E-state index contributed by atoms with van der Waals surface area (Å²) in [5, 5.41) is 0.652. The van der Waals surface area contributed by atoms with Gasteiger partial charge in [-0.05, 0) is 38.0 Å². The number of nitrogens with two attached hydrogens (primary N) is 1. The Morgan fingerprint density at radius 3 is 3.05 bits per heavy atom. The van der Waals surface area contributed by atoms with Crippen LogP contribution in [0.1, 0.15) is 19.8 Å². The van der Waals surface area contributed by atoms with Crippen LogP contribution in [0.15, 0.2) is 18.2 Å². The number of amides is 1. The molecule has 0 aromatic heterocycles. The minimum absolute atomic E-state index is 0.146. The molecule has 2 aliphatic rings. The molecule has 2 heterocycles. The predicted octanol–water partition coefficient (Wildman–Crippen LogP) is 1.88. The van der Waals surface area contributed by atoms with Crippen molar-refractivity contribution >= 4 is 23.2 Å². The van der Waals surface area contributed by atoms with Gasteiger partial charge in [0.2, 0.25) is 5.91 Å². The molecule has 0 radical (unpaired) electrons. The van der Waals surface area contributed by atoms with Crippen LogP contribution in [-0.2, 0) is 4.79 Å². The second-order valence-electron chi connectivity index (χ2n) is 6.10. The third kappa shape index (κ3) is 3.15. The van der Waals surface area contributed by atoms with Crippen molar-refractivity contribution in [1.29, 1.82) is 0 Å². The molecule has 0 unspecified atom stereocenters. The Bertz CT molecular complexity index is 566. The third-order valence-electron chi connectivity index (χ3n) is 4.44. The Balaban J connectivity index is 1.71. The first-order valence-corrected chi connectivity index (χ1v) is 8.14. The summed E-state index contributed by atoms with van der Waals surface area (Å²) >= 11 is 6.07. The number of piperidine rings is 1. The van der Waals surface area contributed by atoms with Gasteiger partial charge in [0.1, 0.15) is 12.4 Å². The second-order valence-corrected chi connectivity index (χ2v) is 6.54. The van der Waals surface area contributed by atoms with Crippen molar-refractivity contribution in [2.75, 3.05) is 31.1 Å². The maximum Gasteiger partial charge on any atom is 0.242 e. The largest absolute Gasteiger partial charge is 0.490 e. The molecule has 0 saturated carbocycles. The monoisotopic (exact) mass is 323 g/mol. The van der Waals surface area contributed by atoms with E-state index >= 15 is 0 Å². The Morgan fingerprint density at radius 1 is 1.45 bits per heavy atom. The molecule has 0 bridgehead atoms. The van der Waals surface area contributed by atoms with Gasteiger partial charge >= 0.3 is 0 Å². The van der Waals surface area contributed by atoms with E-state index in [2.05, 4.69) is 6.92 Å². The van der Waals surface area contributed by atoms with E-state index in [1.165, 1.54) is 0 Å². The van der Waals surface area contributed by atoms with Crippen LogP contribution < -0.4 is 15.4 Å². The van der Waals surface area contributed by atoms with Crippen LogP contribution in [0.4, 0.5) is 5.69 Å². The van der Waals surface area contributed by atoms with E-state index in [4.69, 9.17) is 22.1 Å². The standard InChI is InChI=1S/C16H22ClN3O2/c1-11-8-13(18)4-5-20(11)16(21)10-19-6-7-22-15-3-2-12(17)9-14(15)19/h2-3,9,11,13H,4-8,10,18H2,1H3/t11-,13+/m1/s1. The summed E-state index contributed by atoms with van der Waals surface area (Å²) in [5.41, 5.74) is 6.87. The zero-order chi connectivity index (χ0) is 15.7. The number of nitrogens with zero attached hydrogens (tertiary/aromatic N) is 2. The summed E-state index contributed by atoms with van der Waals surface area (Å²) in [6, 6.07) is 5.94. The highest BCUT2D eigenvalue weighted by Crippen LogP contribution is 2.34. The number of likely N-dealkylation sites (tertiary alicyclic amines) is 1. The van der Waals surface area contributed by atoms with Crippen LogP contribution >= 0.6 is 11.6 Å². The van der Waals surface area contributed by atoms with Crippen LogP contribution in [0.3, 0.4) is 0 Å². The van der Waals surface area contributed by atoms with Gasteiger partial charge in [-0.2, -0.15) is 0 Å². The lowest BCUT2D eigenvalue weighted by atomic mass is 9.99. The zero-order valence-electron chi connectivity index (χ0n) is 12.8. The lowest BCUT2D eigenvalue weighted by molar-refractivity contribution is -0.133. The number of halogens is 1. The van der Waals surface area contributed by atoms with Gasteiger partial charge in [-0.15, -0.1) is 0 Å². The molecule has 1 saturated heterocycles. The van der Waals surface area contributed by atoms with E-state index < -0.39 is 0 Å². The quantitative estimate of drug-likeness (QED) is 0.902. The van der Waals surface area contributed by atoms with E-state index in [9.17, 15) is 4.79 Å². The topological polar surface area (TPSA) is 58.8 Å². The molecular formula is C16H22ClN3O2. The molecule has 1 aromatic carbocycles. The van der Waals surface area contributed by atoms with Gasteiger partial charge < -0.3 is 20.3 Å². The Hall–Kier alpha value is -1.46. The van der Waals surface area contributed by atoms with Crippen molar-refractivity contribution in [1.82, 2.24) is 4.90 Å². The fourth-order valence-electron chi connectivity index (χ4n) is 3.24. The molecule has 1 amide bonds. The molecule has 0 spiro atoms. The number of benzene rings is 1. The van der Waals surface area contributed by atoms with Gasteiger partial charge in [-0.3, -0.25) is 4.79 Å². The van der Waals surface area contributed by atoms with Gasteiger partial charge in [-0.25, -0.2) is 0 Å². The SMILES string of the molecule is C[C@@H]1C[C@@H](N)CCN1C(=O)CN1CCOc2ccc(Cl)cc21. The van der Waals surface area contributed by atoms with Gasteiger partial charge in [0, 0.05) is 23.7 Å². The summed E-state index contributed by atoms with van der Waals surface area (Å²) in [6.07, 6.45) is 1.75. The highest BCUT2D eigenvalue weighted by molar-refractivity contribution is 6.31. The Kier molecular flexibility index (Phi) is 4.45. The molecule has 0 aliphatic carbocycles. The number of anilines is 1. The normalized spacial score (nSPS) is 24.7. The maximum atomic E-state index is 12.6. The fraction of sp³-hybridized carbons (Fsp3) is 0.562. The van der Waals surface area contributed by atoms with Crippen LogP contribution in [-0.4, -0.2) is 49.1 Å². The number of ether oxygens (including phenoxy) is 1. The molecule has 3 rings (SSSR count). The average molecular weight is 324 g/mol. The Morgan fingerprint density at radius 2 is 2.27 bits per heavy atom. The van der Waals surface area contributed by atoms with Gasteiger partial charge in [0.25, 0.3) is 0 Å². The number of rotatable bonds is 2. The van der Waals surface area contributed by atoms with E-state index in [-0.39, 0.29) is 18.0 Å². The van der Waals surface area contributed by atoms with Crippen molar-refractivity contribution in [2.45, 2.75) is 31.8 Å². The first kappa shape index (κ1) is 15.4. The molecule has 5 nitrogen and oxygen atoms in total. The maximum absolute atomic E-state index is 12.6. The highest BCUT2D eigenvalue weighted by Gasteiger charge is 2.29. The molecular weight excluding hydrogens is 302 g/mol. The minimum atomic E-state index is 0.146. The first-order chi connectivity index (χ1) is 10.5. The van der Waals surface area contributed by atoms with Gasteiger partial charge in [0.15, 0.2) is 0 Å². The molecule has 2 atom stereocenters. The number of carbonyl (C=O) groups is 1. The lowest BCUT2D eigenvalue weighted by Gasteiger charge is -2.38. The minimum Gasteiger partial charge on any atom is -0.490 e. The van der Waals surface area contributed by atoms with Gasteiger partial charge in [-0.1, -0.05) is 11.6 Å². The first-order valence-electron chi connectivity index (χ1n) is 7.77. The summed E-state index contributed by atoms with van der Waals surface area (Å²) < 4.78 is 5.63. The van der Waals surface area contributed by atoms with E-state index in [1.54, 1.807) is 6.07 Å². The number of hydrogen-bond donors (Lipinski definition) is 1. The number of fused-ring (bicyclic) bond motifs is 1. The second kappa shape index (κ2) is 6.34. The zero-order valence-corrected chi connectivity index (χ0v) is 13.6. The Labute approximate surface area is 136 Å². The number of carbonyl (C=O) groups excluding carboxylic acids is 1. The van der Waals surface area contributed by atoms with E-state index in [0.29, 0.717) is 24.7 Å². The molecule has 120 valence electrons. The van der Waals surface area contributed by atoms with Crippen molar-refractivity contribution in [2.24, 2.45) is 5.73 Å². The van der Waals surface area contributed by atoms with Crippen LogP contribution in [0.25, 0.3) is 0 Å². The lowest BCUT2D eigenvalue weighted by Crippen LogP contribution is -2.52. The van der Waals surface area contributed by atoms with Crippen molar-refractivity contribution in [3.8, 4) is 5.75 Å². The fourth-order valence-corrected chi connectivity index (χ4v) is 3.41. The summed E-state index contributed by atoms with van der Waals surface area (Å²) in [7, 11) is 0. The highest BCUT2D eigenvalue weighted by atomic mass is 35.5. The van der Waals surface area contributed by atoms with E-state index in [0.717, 1.165) is 30.8 Å². The third-order valence-corrected chi connectivity index (χ3v) is 4.68. The average Bonchev–Trinajstić information content (AvgIpc) is 2.47. The molecule has 1 aromatic rings. The smallest absolute Gasteiger partial charge is 0.242 e. The predicted molar refractivity (Wildman–Crippen MR) is 87.5 cm³/mol. The summed E-state index contributed by atoms with van der Waals surface area (Å²) in [4.78, 5) is 16.6. The molecule has 2 aliphatic heterocycles. The van der Waals surface area contributed by atoms with Gasteiger partial charge in [0.05, 0.1) is 18.8 Å². The summed E-state index contributed by atoms with van der Waals surface area (Å²) in [6.45, 7) is 4.45. The van der Waals surface area contributed by atoms with Crippen LogP contribution in [0.5, 0.6) is 5.75 Å². The summed E-state index contributed by atoms with van der Waals surface area (Å²) in [5.74, 6) is 0.935. The molecule has 2 N–H and O–H groups in total. The van der Waals surface area contributed by atoms with Crippen molar-refractivity contribution < 1.29 is 9.53 Å².